The van der Waals surface area contributed by atoms with Gasteiger partial charge < -0.3 is 4.90 Å². The Labute approximate surface area is 122 Å². The van der Waals surface area contributed by atoms with Gasteiger partial charge in [-0.3, -0.25) is 9.89 Å². The molecule has 2 aromatic rings. The van der Waals surface area contributed by atoms with Gasteiger partial charge in [0.05, 0.1) is 11.8 Å². The normalized spacial score (nSPS) is 19.9. The summed E-state index contributed by atoms with van der Waals surface area (Å²) in [5.41, 5.74) is 1.85. The number of hydrogen-bond donors (Lipinski definition) is 1. The molecule has 2 aromatic heterocycles. The number of rotatable bonds is 2. The summed E-state index contributed by atoms with van der Waals surface area (Å²) in [6.07, 6.45) is 7.10. The zero-order valence-electron chi connectivity index (χ0n) is 11.6. The van der Waals surface area contributed by atoms with Crippen molar-refractivity contribution in [3.8, 4) is 10.4 Å². The SMILES string of the molecule is CC1CCCN(C(=O)c2csc(-c3cn[nH]c3)c2)CC1. The van der Waals surface area contributed by atoms with Crippen LogP contribution < -0.4 is 0 Å². The third-order valence-corrected chi connectivity index (χ3v) is 4.91. The molecule has 1 saturated heterocycles. The Morgan fingerprint density at radius 2 is 2.35 bits per heavy atom. The Bertz CT molecular complexity index is 576. The van der Waals surface area contributed by atoms with E-state index in [0.29, 0.717) is 0 Å². The molecule has 1 N–H and O–H groups in total. The van der Waals surface area contributed by atoms with Gasteiger partial charge in [0.15, 0.2) is 0 Å². The van der Waals surface area contributed by atoms with Crippen LogP contribution in [0.2, 0.25) is 0 Å². The lowest BCUT2D eigenvalue weighted by molar-refractivity contribution is 0.0761. The lowest BCUT2D eigenvalue weighted by Gasteiger charge is -2.19. The topological polar surface area (TPSA) is 49.0 Å². The Morgan fingerprint density at radius 1 is 1.45 bits per heavy atom. The molecule has 3 rings (SSSR count). The molecule has 1 amide bonds. The molecule has 20 heavy (non-hydrogen) atoms. The highest BCUT2D eigenvalue weighted by Gasteiger charge is 2.20. The fraction of sp³-hybridized carbons (Fsp3) is 0.467. The second-order valence-corrected chi connectivity index (χ2v) is 6.43. The van der Waals surface area contributed by atoms with Gasteiger partial charge >= 0.3 is 0 Å². The van der Waals surface area contributed by atoms with Crippen LogP contribution in [0.3, 0.4) is 0 Å². The average molecular weight is 289 g/mol. The summed E-state index contributed by atoms with van der Waals surface area (Å²) in [6, 6.07) is 1.98. The van der Waals surface area contributed by atoms with Gasteiger partial charge in [-0.05, 0) is 31.2 Å². The molecule has 4 nitrogen and oxygen atoms in total. The monoisotopic (exact) mass is 289 g/mol. The third-order valence-electron chi connectivity index (χ3n) is 3.93. The Hall–Kier alpha value is -1.62. The molecular weight excluding hydrogens is 270 g/mol. The highest BCUT2D eigenvalue weighted by molar-refractivity contribution is 7.13. The number of thiophene rings is 1. The van der Waals surface area contributed by atoms with Gasteiger partial charge in [-0.25, -0.2) is 0 Å². The molecule has 1 aliphatic rings. The van der Waals surface area contributed by atoms with E-state index in [0.717, 1.165) is 47.9 Å². The first-order chi connectivity index (χ1) is 9.74. The number of H-pyrrole nitrogens is 1. The van der Waals surface area contributed by atoms with Crippen LogP contribution in [0.1, 0.15) is 36.5 Å². The van der Waals surface area contributed by atoms with Crippen LogP contribution in [0.5, 0.6) is 0 Å². The fourth-order valence-corrected chi connectivity index (χ4v) is 3.50. The molecule has 0 radical (unpaired) electrons. The van der Waals surface area contributed by atoms with Crippen molar-refractivity contribution in [3.05, 3.63) is 29.4 Å². The number of carbonyl (C=O) groups excluding carboxylic acids is 1. The highest BCUT2D eigenvalue weighted by Crippen LogP contribution is 2.27. The molecule has 0 saturated carbocycles. The fourth-order valence-electron chi connectivity index (χ4n) is 2.63. The van der Waals surface area contributed by atoms with Crippen molar-refractivity contribution in [2.45, 2.75) is 26.2 Å². The standard InChI is InChI=1S/C15H19N3OS/c1-11-3-2-5-18(6-4-11)15(19)12-7-14(20-10-12)13-8-16-17-9-13/h7-11H,2-6H2,1H3,(H,16,17). The number of nitrogens with one attached hydrogen (secondary N) is 1. The summed E-state index contributed by atoms with van der Waals surface area (Å²) >= 11 is 1.60. The van der Waals surface area contributed by atoms with Crippen molar-refractivity contribution in [1.29, 1.82) is 0 Å². The van der Waals surface area contributed by atoms with E-state index in [1.165, 1.54) is 6.42 Å². The van der Waals surface area contributed by atoms with E-state index < -0.39 is 0 Å². The molecule has 0 aliphatic carbocycles. The lowest BCUT2D eigenvalue weighted by Crippen LogP contribution is -2.31. The summed E-state index contributed by atoms with van der Waals surface area (Å²) in [5, 5.41) is 8.71. The molecule has 1 atom stereocenters. The molecular formula is C15H19N3OS. The summed E-state index contributed by atoms with van der Waals surface area (Å²) < 4.78 is 0. The first-order valence-electron chi connectivity index (χ1n) is 7.11. The third kappa shape index (κ3) is 2.77. The van der Waals surface area contributed by atoms with Gasteiger partial charge in [0.1, 0.15) is 0 Å². The van der Waals surface area contributed by atoms with Crippen LogP contribution in [0.15, 0.2) is 23.8 Å². The Balaban J connectivity index is 1.74. The predicted octanol–water partition coefficient (Wildman–Crippen LogP) is 3.40. The minimum absolute atomic E-state index is 0.171. The first kappa shape index (κ1) is 13.4. The van der Waals surface area contributed by atoms with Crippen LogP contribution in [0.25, 0.3) is 10.4 Å². The Morgan fingerprint density at radius 3 is 3.15 bits per heavy atom. The minimum Gasteiger partial charge on any atom is -0.339 e. The smallest absolute Gasteiger partial charge is 0.254 e. The average Bonchev–Trinajstić information content (AvgIpc) is 3.08. The number of likely N-dealkylation sites (tertiary alicyclic amines) is 1. The second-order valence-electron chi connectivity index (χ2n) is 5.51. The summed E-state index contributed by atoms with van der Waals surface area (Å²) in [7, 11) is 0. The molecule has 1 unspecified atom stereocenters. The van der Waals surface area contributed by atoms with E-state index in [2.05, 4.69) is 17.1 Å². The van der Waals surface area contributed by atoms with Gasteiger partial charge in [-0.1, -0.05) is 6.92 Å². The minimum atomic E-state index is 0.171. The number of aromatic nitrogens is 2. The van der Waals surface area contributed by atoms with Gasteiger partial charge in [0.2, 0.25) is 0 Å². The first-order valence-corrected chi connectivity index (χ1v) is 7.99. The van der Waals surface area contributed by atoms with Crippen molar-refractivity contribution >= 4 is 17.2 Å². The van der Waals surface area contributed by atoms with Crippen LogP contribution in [-0.2, 0) is 0 Å². The number of amides is 1. The van der Waals surface area contributed by atoms with Gasteiger partial charge in [-0.2, -0.15) is 5.10 Å². The van der Waals surface area contributed by atoms with E-state index in [1.807, 2.05) is 22.5 Å². The van der Waals surface area contributed by atoms with Crippen molar-refractivity contribution < 1.29 is 4.79 Å². The zero-order chi connectivity index (χ0) is 13.9. The predicted molar refractivity (Wildman–Crippen MR) is 80.8 cm³/mol. The lowest BCUT2D eigenvalue weighted by atomic mass is 10.0. The molecule has 1 aliphatic heterocycles. The number of hydrogen-bond acceptors (Lipinski definition) is 3. The van der Waals surface area contributed by atoms with E-state index in [4.69, 9.17) is 0 Å². The van der Waals surface area contributed by atoms with Gasteiger partial charge in [0.25, 0.3) is 5.91 Å². The van der Waals surface area contributed by atoms with Crippen molar-refractivity contribution in [2.24, 2.45) is 5.92 Å². The van der Waals surface area contributed by atoms with Crippen LogP contribution in [0, 0.1) is 5.92 Å². The van der Waals surface area contributed by atoms with Crippen molar-refractivity contribution in [1.82, 2.24) is 15.1 Å². The number of carbonyl (C=O) groups is 1. The van der Waals surface area contributed by atoms with Gasteiger partial charge in [-0.15, -0.1) is 11.3 Å². The molecule has 1 fully saturated rings. The van der Waals surface area contributed by atoms with Crippen molar-refractivity contribution in [3.63, 3.8) is 0 Å². The van der Waals surface area contributed by atoms with Crippen LogP contribution in [0.4, 0.5) is 0 Å². The molecule has 106 valence electrons. The van der Waals surface area contributed by atoms with Crippen molar-refractivity contribution in [2.75, 3.05) is 13.1 Å². The molecule has 0 aromatic carbocycles. The summed E-state index contributed by atoms with van der Waals surface area (Å²) in [5.74, 6) is 0.905. The highest BCUT2D eigenvalue weighted by atomic mass is 32.1. The van der Waals surface area contributed by atoms with Gasteiger partial charge in [0, 0.05) is 35.1 Å². The molecule has 0 bridgehead atoms. The largest absolute Gasteiger partial charge is 0.339 e. The maximum atomic E-state index is 12.6. The number of nitrogens with zero attached hydrogens (tertiary/aromatic N) is 2. The van der Waals surface area contributed by atoms with E-state index in [-0.39, 0.29) is 5.91 Å². The Kier molecular flexibility index (Phi) is 3.87. The van der Waals surface area contributed by atoms with Crippen LogP contribution >= 0.6 is 11.3 Å². The van der Waals surface area contributed by atoms with E-state index >= 15 is 0 Å². The zero-order valence-corrected chi connectivity index (χ0v) is 12.4. The summed E-state index contributed by atoms with van der Waals surface area (Å²) in [4.78, 5) is 15.6. The summed E-state index contributed by atoms with van der Waals surface area (Å²) in [6.45, 7) is 4.05. The number of aromatic amines is 1. The quantitative estimate of drug-likeness (QED) is 0.921. The molecule has 0 spiro atoms. The molecule has 3 heterocycles. The molecule has 5 heteroatoms. The maximum absolute atomic E-state index is 12.6. The van der Waals surface area contributed by atoms with E-state index in [9.17, 15) is 4.79 Å². The van der Waals surface area contributed by atoms with E-state index in [1.54, 1.807) is 17.5 Å². The maximum Gasteiger partial charge on any atom is 0.254 e. The second kappa shape index (κ2) is 5.79. The van der Waals surface area contributed by atoms with Crippen LogP contribution in [-0.4, -0.2) is 34.1 Å².